The van der Waals surface area contributed by atoms with Crippen LogP contribution in [0.2, 0.25) is 5.02 Å². The summed E-state index contributed by atoms with van der Waals surface area (Å²) in [5.41, 5.74) is 0. The lowest BCUT2D eigenvalue weighted by atomic mass is 10.1. The second-order valence-electron chi connectivity index (χ2n) is 3.05. The molecule has 0 N–H and O–H groups in total. The Bertz CT molecular complexity index is 295. The number of piperidine rings is 1. The Hall–Kier alpha value is -0.830. The van der Waals surface area contributed by atoms with Crippen LogP contribution in [-0.2, 0) is 0 Å². The van der Waals surface area contributed by atoms with Crippen LogP contribution in [0.3, 0.4) is 0 Å². The molecule has 2 heterocycles. The standard InChI is InChI=1S/C9H12ClN3/c10-8-6-11-9(12-7-8)13-4-2-1-3-5-13/h6-7H,1-5H2/i1D. The first-order chi connectivity index (χ1) is 6.75. The average Bonchev–Trinajstić information content (AvgIpc) is 2.21. The van der Waals surface area contributed by atoms with Gasteiger partial charge in [0, 0.05) is 14.5 Å². The van der Waals surface area contributed by atoms with Crippen LogP contribution in [0.25, 0.3) is 0 Å². The molecule has 1 aliphatic rings. The minimum atomic E-state index is 0.0820. The van der Waals surface area contributed by atoms with Crippen LogP contribution in [-0.4, -0.2) is 23.1 Å². The third kappa shape index (κ3) is 2.10. The molecule has 0 bridgehead atoms. The van der Waals surface area contributed by atoms with Crippen molar-refractivity contribution in [2.75, 3.05) is 18.0 Å². The molecule has 0 atom stereocenters. The molecule has 1 aromatic heterocycles. The lowest BCUT2D eigenvalue weighted by Gasteiger charge is -2.26. The van der Waals surface area contributed by atoms with Crippen LogP contribution in [0.5, 0.6) is 0 Å². The lowest BCUT2D eigenvalue weighted by molar-refractivity contribution is 0.568. The van der Waals surface area contributed by atoms with E-state index >= 15 is 0 Å². The van der Waals surface area contributed by atoms with Crippen LogP contribution in [0.15, 0.2) is 12.4 Å². The molecule has 0 saturated carbocycles. The fraction of sp³-hybridized carbons (Fsp3) is 0.556. The van der Waals surface area contributed by atoms with E-state index in [1.165, 1.54) is 0 Å². The topological polar surface area (TPSA) is 29.0 Å². The molecule has 0 spiro atoms. The first-order valence-corrected chi connectivity index (χ1v) is 4.78. The van der Waals surface area contributed by atoms with E-state index in [9.17, 15) is 0 Å². The molecule has 1 saturated heterocycles. The normalized spacial score (nSPS) is 20.1. The number of hydrogen-bond acceptors (Lipinski definition) is 3. The third-order valence-corrected chi connectivity index (χ3v) is 2.29. The van der Waals surface area contributed by atoms with Crippen molar-refractivity contribution in [3.63, 3.8) is 0 Å². The molecule has 1 aliphatic heterocycles. The molecule has 70 valence electrons. The molecule has 13 heavy (non-hydrogen) atoms. The van der Waals surface area contributed by atoms with E-state index in [4.69, 9.17) is 13.0 Å². The molecule has 1 aromatic rings. The lowest BCUT2D eigenvalue weighted by Crippen LogP contribution is -2.30. The summed E-state index contributed by atoms with van der Waals surface area (Å²) in [4.78, 5) is 10.4. The van der Waals surface area contributed by atoms with Crippen molar-refractivity contribution in [1.29, 1.82) is 0 Å². The summed E-state index contributed by atoms with van der Waals surface area (Å²) in [5, 5.41) is 0.559. The van der Waals surface area contributed by atoms with Gasteiger partial charge in [0.25, 0.3) is 0 Å². The zero-order valence-corrected chi connectivity index (χ0v) is 8.04. The summed E-state index contributed by atoms with van der Waals surface area (Å²) >= 11 is 5.70. The first-order valence-electron chi connectivity index (χ1n) is 4.98. The second kappa shape index (κ2) is 3.92. The van der Waals surface area contributed by atoms with Crippen LogP contribution >= 0.6 is 11.6 Å². The smallest absolute Gasteiger partial charge is 0.225 e. The van der Waals surface area contributed by atoms with Gasteiger partial charge in [-0.05, 0) is 19.2 Å². The van der Waals surface area contributed by atoms with E-state index in [0.717, 1.165) is 31.9 Å². The number of rotatable bonds is 1. The second-order valence-corrected chi connectivity index (χ2v) is 3.49. The first kappa shape index (κ1) is 7.56. The van der Waals surface area contributed by atoms with E-state index < -0.39 is 0 Å². The van der Waals surface area contributed by atoms with Crippen molar-refractivity contribution in [3.8, 4) is 0 Å². The van der Waals surface area contributed by atoms with E-state index in [1.807, 2.05) is 0 Å². The highest BCUT2D eigenvalue weighted by Crippen LogP contribution is 2.15. The zero-order chi connectivity index (χ0) is 9.97. The van der Waals surface area contributed by atoms with Crippen molar-refractivity contribution in [1.82, 2.24) is 9.97 Å². The van der Waals surface area contributed by atoms with Gasteiger partial charge in [-0.2, -0.15) is 0 Å². The van der Waals surface area contributed by atoms with E-state index in [0.29, 0.717) is 5.02 Å². The number of halogens is 1. The Kier molecular flexibility index (Phi) is 2.28. The van der Waals surface area contributed by atoms with Gasteiger partial charge in [-0.3, -0.25) is 0 Å². The highest BCUT2D eigenvalue weighted by molar-refractivity contribution is 6.30. The van der Waals surface area contributed by atoms with Gasteiger partial charge in [-0.1, -0.05) is 11.6 Å². The predicted molar refractivity (Wildman–Crippen MR) is 53.1 cm³/mol. The van der Waals surface area contributed by atoms with E-state index in [2.05, 4.69) is 14.9 Å². The average molecular weight is 199 g/mol. The largest absolute Gasteiger partial charge is 0.341 e. The SMILES string of the molecule is [2H]C1CCN(c2ncc(Cl)cn2)CC1. The van der Waals surface area contributed by atoms with Crippen molar-refractivity contribution in [2.24, 2.45) is 0 Å². The van der Waals surface area contributed by atoms with Crippen LogP contribution in [0.4, 0.5) is 5.95 Å². The van der Waals surface area contributed by atoms with Gasteiger partial charge < -0.3 is 4.90 Å². The summed E-state index contributed by atoms with van der Waals surface area (Å²) < 4.78 is 7.57. The summed E-state index contributed by atoms with van der Waals surface area (Å²) in [6.07, 6.45) is 5.09. The number of nitrogens with zero attached hydrogens (tertiary/aromatic N) is 3. The molecule has 0 aromatic carbocycles. The molecule has 0 amide bonds. The summed E-state index contributed by atoms with van der Waals surface area (Å²) in [7, 11) is 0. The molecular weight excluding hydrogens is 186 g/mol. The molecule has 0 radical (unpaired) electrons. The van der Waals surface area contributed by atoms with Crippen LogP contribution in [0.1, 0.15) is 20.6 Å². The van der Waals surface area contributed by atoms with Crippen molar-refractivity contribution in [2.45, 2.75) is 19.2 Å². The Morgan fingerprint density at radius 2 is 1.92 bits per heavy atom. The van der Waals surface area contributed by atoms with E-state index in [-0.39, 0.29) is 6.40 Å². The van der Waals surface area contributed by atoms with Gasteiger partial charge in [0.05, 0.1) is 17.4 Å². The van der Waals surface area contributed by atoms with Gasteiger partial charge in [-0.15, -0.1) is 0 Å². The number of anilines is 1. The molecular formula is C9H12ClN3. The highest BCUT2D eigenvalue weighted by Gasteiger charge is 2.12. The minimum absolute atomic E-state index is 0.0820. The Labute approximate surface area is 84.2 Å². The Morgan fingerprint density at radius 1 is 1.31 bits per heavy atom. The van der Waals surface area contributed by atoms with Gasteiger partial charge >= 0.3 is 0 Å². The van der Waals surface area contributed by atoms with Crippen LogP contribution < -0.4 is 4.90 Å². The van der Waals surface area contributed by atoms with Gasteiger partial charge in [0.15, 0.2) is 0 Å². The Balaban J connectivity index is 2.05. The number of hydrogen-bond donors (Lipinski definition) is 0. The maximum atomic E-state index is 7.57. The third-order valence-electron chi connectivity index (χ3n) is 2.10. The van der Waals surface area contributed by atoms with Crippen molar-refractivity contribution < 1.29 is 1.37 Å². The minimum Gasteiger partial charge on any atom is -0.341 e. The molecule has 1 fully saturated rings. The quantitative estimate of drug-likeness (QED) is 0.692. The fourth-order valence-electron chi connectivity index (χ4n) is 1.42. The highest BCUT2D eigenvalue weighted by atomic mass is 35.5. The molecule has 3 nitrogen and oxygen atoms in total. The monoisotopic (exact) mass is 198 g/mol. The summed E-state index contributed by atoms with van der Waals surface area (Å²) in [5.74, 6) is 0.723. The van der Waals surface area contributed by atoms with E-state index in [1.54, 1.807) is 12.4 Å². The van der Waals surface area contributed by atoms with Gasteiger partial charge in [0.1, 0.15) is 0 Å². The van der Waals surface area contributed by atoms with Crippen molar-refractivity contribution in [3.05, 3.63) is 17.4 Å². The fourth-order valence-corrected chi connectivity index (χ4v) is 1.52. The maximum absolute atomic E-state index is 7.57. The number of aromatic nitrogens is 2. The molecule has 0 aliphatic carbocycles. The predicted octanol–water partition coefficient (Wildman–Crippen LogP) is 2.12. The molecule has 2 rings (SSSR count). The molecule has 4 heteroatoms. The van der Waals surface area contributed by atoms with Gasteiger partial charge in [0.2, 0.25) is 5.95 Å². The van der Waals surface area contributed by atoms with Gasteiger partial charge in [-0.25, -0.2) is 9.97 Å². The zero-order valence-electron chi connectivity index (χ0n) is 8.28. The van der Waals surface area contributed by atoms with Crippen molar-refractivity contribution >= 4 is 17.5 Å². The summed E-state index contributed by atoms with van der Waals surface area (Å²) in [6, 6.07) is 0. The summed E-state index contributed by atoms with van der Waals surface area (Å²) in [6.45, 7) is 1.74. The Morgan fingerprint density at radius 3 is 2.54 bits per heavy atom. The molecule has 0 unspecified atom stereocenters. The maximum Gasteiger partial charge on any atom is 0.225 e. The van der Waals surface area contributed by atoms with Crippen LogP contribution in [0, 0.1) is 0 Å².